The minimum Gasteiger partial charge on any atom is -0.487 e. The number of ether oxygens (including phenoxy) is 2. The van der Waals surface area contributed by atoms with Crippen LogP contribution in [-0.4, -0.2) is 36.7 Å². The number of aromatic nitrogens is 1. The van der Waals surface area contributed by atoms with Crippen LogP contribution in [0.25, 0.3) is 0 Å². The Morgan fingerprint density at radius 1 is 1.40 bits per heavy atom. The largest absolute Gasteiger partial charge is 0.487 e. The van der Waals surface area contributed by atoms with Gasteiger partial charge in [0.2, 0.25) is 5.91 Å². The van der Waals surface area contributed by atoms with E-state index >= 15 is 0 Å². The molecule has 132 valence electrons. The lowest BCUT2D eigenvalue weighted by molar-refractivity contribution is -0.126. The van der Waals surface area contributed by atoms with Crippen molar-refractivity contribution in [2.45, 2.75) is 25.6 Å². The lowest BCUT2D eigenvalue weighted by Crippen LogP contribution is -2.51. The third-order valence-electron chi connectivity index (χ3n) is 4.07. The van der Waals surface area contributed by atoms with Crippen LogP contribution in [0.2, 0.25) is 0 Å². The fourth-order valence-corrected chi connectivity index (χ4v) is 2.65. The fraction of sp³-hybridized carbons (Fsp3) is 0.368. The van der Waals surface area contributed by atoms with E-state index in [1.807, 2.05) is 49.4 Å². The molecule has 0 radical (unpaired) electrons. The number of hydrogen-bond donors (Lipinski definition) is 2. The van der Waals surface area contributed by atoms with Crippen molar-refractivity contribution in [3.05, 3.63) is 59.9 Å². The zero-order valence-corrected chi connectivity index (χ0v) is 14.3. The second kappa shape index (κ2) is 8.60. The van der Waals surface area contributed by atoms with E-state index in [9.17, 15) is 4.79 Å². The number of carbonyl (C=O) groups is 1. The van der Waals surface area contributed by atoms with Crippen LogP contribution < -0.4 is 15.4 Å². The molecule has 2 N–H and O–H groups in total. The zero-order valence-electron chi connectivity index (χ0n) is 14.3. The number of nitrogens with zero attached hydrogens (tertiary/aromatic N) is 1. The molecule has 1 aliphatic heterocycles. The van der Waals surface area contributed by atoms with Gasteiger partial charge in [0.15, 0.2) is 0 Å². The monoisotopic (exact) mass is 341 g/mol. The van der Waals surface area contributed by atoms with Gasteiger partial charge in [-0.2, -0.15) is 0 Å². The lowest BCUT2D eigenvalue weighted by atomic mass is 10.1. The third-order valence-corrected chi connectivity index (χ3v) is 4.07. The van der Waals surface area contributed by atoms with Crippen molar-refractivity contribution < 1.29 is 14.3 Å². The van der Waals surface area contributed by atoms with Gasteiger partial charge < -0.3 is 20.1 Å². The fourth-order valence-electron chi connectivity index (χ4n) is 2.65. The highest BCUT2D eigenvalue weighted by Crippen LogP contribution is 2.20. The molecular formula is C19H23N3O3. The maximum Gasteiger partial charge on any atom is 0.240 e. The normalized spacial score (nSPS) is 18.4. The van der Waals surface area contributed by atoms with E-state index in [2.05, 4.69) is 15.6 Å². The average molecular weight is 341 g/mol. The number of benzene rings is 1. The molecule has 2 aromatic rings. The number of hydrogen-bond acceptors (Lipinski definition) is 5. The highest BCUT2D eigenvalue weighted by atomic mass is 16.5. The summed E-state index contributed by atoms with van der Waals surface area (Å²) in [5, 5.41) is 6.17. The molecule has 1 aromatic heterocycles. The minimum atomic E-state index is -0.292. The van der Waals surface area contributed by atoms with E-state index in [4.69, 9.17) is 9.47 Å². The Balaban J connectivity index is 1.57. The second-order valence-corrected chi connectivity index (χ2v) is 5.99. The Labute approximate surface area is 147 Å². The summed E-state index contributed by atoms with van der Waals surface area (Å²) >= 11 is 0. The Hall–Kier alpha value is -2.44. The second-order valence-electron chi connectivity index (χ2n) is 5.99. The number of pyridine rings is 1. The number of nitrogens with one attached hydrogen (secondary N) is 2. The topological polar surface area (TPSA) is 72.5 Å². The molecular weight excluding hydrogens is 318 g/mol. The van der Waals surface area contributed by atoms with Crippen molar-refractivity contribution in [3.63, 3.8) is 0 Å². The smallest absolute Gasteiger partial charge is 0.240 e. The Bertz CT molecular complexity index is 687. The Morgan fingerprint density at radius 3 is 3.08 bits per heavy atom. The van der Waals surface area contributed by atoms with Crippen LogP contribution in [0, 0.1) is 0 Å². The molecule has 2 unspecified atom stereocenters. The first-order valence-corrected chi connectivity index (χ1v) is 8.46. The molecule has 0 aliphatic carbocycles. The van der Waals surface area contributed by atoms with Gasteiger partial charge in [0.1, 0.15) is 18.4 Å². The maximum absolute atomic E-state index is 12.3. The molecule has 0 bridgehead atoms. The molecule has 1 aliphatic rings. The van der Waals surface area contributed by atoms with Crippen LogP contribution in [0.5, 0.6) is 5.75 Å². The molecule has 25 heavy (non-hydrogen) atoms. The van der Waals surface area contributed by atoms with Gasteiger partial charge in [0.25, 0.3) is 0 Å². The molecule has 2 heterocycles. The number of carbonyl (C=O) groups excluding carboxylic acids is 1. The summed E-state index contributed by atoms with van der Waals surface area (Å²) in [6.45, 7) is 4.12. The van der Waals surface area contributed by atoms with E-state index < -0.39 is 0 Å². The predicted octanol–water partition coefficient (Wildman–Crippen LogP) is 1.83. The van der Waals surface area contributed by atoms with Gasteiger partial charge in [-0.1, -0.05) is 18.2 Å². The van der Waals surface area contributed by atoms with E-state index in [-0.39, 0.29) is 18.0 Å². The van der Waals surface area contributed by atoms with Crippen LogP contribution in [0.4, 0.5) is 0 Å². The van der Waals surface area contributed by atoms with E-state index in [1.54, 1.807) is 6.20 Å². The first-order chi connectivity index (χ1) is 12.2. The van der Waals surface area contributed by atoms with Crippen molar-refractivity contribution in [3.8, 4) is 5.75 Å². The van der Waals surface area contributed by atoms with Gasteiger partial charge in [-0.25, -0.2) is 0 Å². The summed E-state index contributed by atoms with van der Waals surface area (Å²) in [5.41, 5.74) is 1.86. The summed E-state index contributed by atoms with van der Waals surface area (Å²) in [6.07, 6.45) is 1.75. The summed E-state index contributed by atoms with van der Waals surface area (Å²) in [4.78, 5) is 16.5. The van der Waals surface area contributed by atoms with Crippen LogP contribution in [-0.2, 0) is 16.1 Å². The minimum absolute atomic E-state index is 0.0491. The van der Waals surface area contributed by atoms with E-state index in [0.717, 1.165) is 17.0 Å². The average Bonchev–Trinajstić information content (AvgIpc) is 2.68. The lowest BCUT2D eigenvalue weighted by Gasteiger charge is -2.25. The number of rotatable bonds is 6. The van der Waals surface area contributed by atoms with Crippen molar-refractivity contribution in [2.75, 3.05) is 19.8 Å². The van der Waals surface area contributed by atoms with Crippen molar-refractivity contribution in [1.82, 2.24) is 15.6 Å². The molecule has 6 nitrogen and oxygen atoms in total. The van der Waals surface area contributed by atoms with Crippen molar-refractivity contribution in [2.24, 2.45) is 0 Å². The van der Waals surface area contributed by atoms with Crippen LogP contribution in [0.3, 0.4) is 0 Å². The highest BCUT2D eigenvalue weighted by Gasteiger charge is 2.22. The van der Waals surface area contributed by atoms with Crippen molar-refractivity contribution in [1.29, 1.82) is 0 Å². The molecule has 0 spiro atoms. The molecule has 0 saturated carbocycles. The van der Waals surface area contributed by atoms with E-state index in [1.165, 1.54) is 0 Å². The predicted molar refractivity (Wildman–Crippen MR) is 94.2 cm³/mol. The first-order valence-electron chi connectivity index (χ1n) is 8.46. The molecule has 2 atom stereocenters. The Morgan fingerprint density at radius 2 is 2.32 bits per heavy atom. The molecule has 6 heteroatoms. The summed E-state index contributed by atoms with van der Waals surface area (Å²) in [5.74, 6) is 0.704. The van der Waals surface area contributed by atoms with Gasteiger partial charge in [-0.05, 0) is 36.8 Å². The van der Waals surface area contributed by atoms with Gasteiger partial charge >= 0.3 is 0 Å². The number of morpholine rings is 1. The summed E-state index contributed by atoms with van der Waals surface area (Å²) in [7, 11) is 0. The van der Waals surface area contributed by atoms with Gasteiger partial charge in [-0.15, -0.1) is 0 Å². The van der Waals surface area contributed by atoms with Crippen LogP contribution in [0.1, 0.15) is 24.2 Å². The molecule has 1 aromatic carbocycles. The zero-order chi connectivity index (χ0) is 17.5. The first kappa shape index (κ1) is 17.4. The SMILES string of the molecule is CC(NC(=O)C1COCCN1)c1cccc(OCc2ccccn2)c1. The third kappa shape index (κ3) is 5.01. The summed E-state index contributed by atoms with van der Waals surface area (Å²) in [6, 6.07) is 13.1. The highest BCUT2D eigenvalue weighted by molar-refractivity contribution is 5.82. The number of amides is 1. The summed E-state index contributed by atoms with van der Waals surface area (Å²) < 4.78 is 11.1. The maximum atomic E-state index is 12.3. The van der Waals surface area contributed by atoms with Crippen LogP contribution in [0.15, 0.2) is 48.7 Å². The molecule has 1 saturated heterocycles. The van der Waals surface area contributed by atoms with Gasteiger partial charge in [0, 0.05) is 12.7 Å². The molecule has 1 amide bonds. The quantitative estimate of drug-likeness (QED) is 0.839. The molecule has 3 rings (SSSR count). The van der Waals surface area contributed by atoms with Gasteiger partial charge in [-0.3, -0.25) is 9.78 Å². The standard InChI is InChI=1S/C19H23N3O3/c1-14(22-19(23)18-13-24-10-9-21-18)15-5-4-7-17(11-15)25-12-16-6-2-3-8-20-16/h2-8,11,14,18,21H,9-10,12-13H2,1H3,(H,22,23). The Kier molecular flexibility index (Phi) is 5.98. The van der Waals surface area contributed by atoms with Gasteiger partial charge in [0.05, 0.1) is 24.9 Å². The van der Waals surface area contributed by atoms with Crippen LogP contribution >= 0.6 is 0 Å². The van der Waals surface area contributed by atoms with E-state index in [0.29, 0.717) is 26.4 Å². The van der Waals surface area contributed by atoms with Crippen molar-refractivity contribution >= 4 is 5.91 Å². The molecule has 1 fully saturated rings.